The molecule has 0 aromatic carbocycles. The van der Waals surface area contributed by atoms with Gasteiger partial charge in [-0.3, -0.25) is 4.79 Å². The lowest BCUT2D eigenvalue weighted by Crippen LogP contribution is -2.18. The first-order valence-corrected chi connectivity index (χ1v) is 6.22. The van der Waals surface area contributed by atoms with Gasteiger partial charge in [0.2, 0.25) is 0 Å². The van der Waals surface area contributed by atoms with Gasteiger partial charge in [0.1, 0.15) is 24.0 Å². The van der Waals surface area contributed by atoms with E-state index in [-0.39, 0.29) is 18.5 Å². The van der Waals surface area contributed by atoms with Gasteiger partial charge in [0.15, 0.2) is 0 Å². The maximum absolute atomic E-state index is 11.5. The van der Waals surface area contributed by atoms with Gasteiger partial charge in [0.25, 0.3) is 0 Å². The van der Waals surface area contributed by atoms with Crippen LogP contribution in [0.3, 0.4) is 0 Å². The van der Waals surface area contributed by atoms with E-state index in [0.29, 0.717) is 5.76 Å². The Hall–Kier alpha value is -0.900. The molecule has 2 rings (SSSR count). The Labute approximate surface area is 93.2 Å². The Morgan fingerprint density at radius 3 is 3.13 bits per heavy atom. The molecule has 4 heteroatoms. The quantitative estimate of drug-likeness (QED) is 0.741. The Bertz CT molecular complexity index is 339. The van der Waals surface area contributed by atoms with E-state index >= 15 is 0 Å². The minimum Gasteiger partial charge on any atom is -0.466 e. The molecule has 1 aromatic rings. The van der Waals surface area contributed by atoms with Crippen molar-refractivity contribution in [2.75, 3.05) is 11.5 Å². The minimum atomic E-state index is -0.183. The van der Waals surface area contributed by atoms with Crippen molar-refractivity contribution in [3.63, 3.8) is 0 Å². The Morgan fingerprint density at radius 1 is 1.67 bits per heavy atom. The normalized spacial score (nSPS) is 20.5. The average Bonchev–Trinajstić information content (AvgIpc) is 2.77. The van der Waals surface area contributed by atoms with Crippen LogP contribution in [-0.4, -0.2) is 23.6 Å². The summed E-state index contributed by atoms with van der Waals surface area (Å²) in [4.78, 5) is 11.5. The van der Waals surface area contributed by atoms with Crippen molar-refractivity contribution in [1.29, 1.82) is 0 Å². The molecule has 3 nitrogen and oxygen atoms in total. The SMILES string of the molecule is Cc1ccc(CC(=O)O[C@H]2CCSC2)o1. The molecule has 0 N–H and O–H groups in total. The third-order valence-corrected chi connectivity index (χ3v) is 3.43. The Morgan fingerprint density at radius 2 is 2.53 bits per heavy atom. The predicted molar refractivity (Wildman–Crippen MR) is 59.0 cm³/mol. The first-order valence-electron chi connectivity index (χ1n) is 5.06. The van der Waals surface area contributed by atoms with Crippen LogP contribution < -0.4 is 0 Å². The van der Waals surface area contributed by atoms with E-state index in [2.05, 4.69) is 0 Å². The molecule has 2 heterocycles. The van der Waals surface area contributed by atoms with E-state index in [1.165, 1.54) is 0 Å². The van der Waals surface area contributed by atoms with Crippen molar-refractivity contribution in [2.45, 2.75) is 25.9 Å². The van der Waals surface area contributed by atoms with Crippen LogP contribution in [0.2, 0.25) is 0 Å². The third-order valence-electron chi connectivity index (χ3n) is 2.30. The summed E-state index contributed by atoms with van der Waals surface area (Å²) < 4.78 is 10.6. The molecule has 1 aromatic heterocycles. The van der Waals surface area contributed by atoms with Crippen LogP contribution in [-0.2, 0) is 16.0 Å². The van der Waals surface area contributed by atoms with Crippen LogP contribution in [0.5, 0.6) is 0 Å². The lowest BCUT2D eigenvalue weighted by molar-refractivity contribution is -0.147. The minimum absolute atomic E-state index is 0.110. The molecule has 1 fully saturated rings. The highest BCUT2D eigenvalue weighted by atomic mass is 32.2. The molecule has 1 aliphatic heterocycles. The molecule has 1 saturated heterocycles. The molecule has 0 unspecified atom stereocenters. The van der Waals surface area contributed by atoms with Gasteiger partial charge in [0.05, 0.1) is 0 Å². The Balaban J connectivity index is 1.81. The second kappa shape index (κ2) is 4.75. The van der Waals surface area contributed by atoms with Gasteiger partial charge in [-0.1, -0.05) is 0 Å². The van der Waals surface area contributed by atoms with E-state index < -0.39 is 0 Å². The van der Waals surface area contributed by atoms with Crippen LogP contribution in [0.1, 0.15) is 17.9 Å². The fourth-order valence-electron chi connectivity index (χ4n) is 1.56. The maximum Gasteiger partial charge on any atom is 0.313 e. The zero-order valence-corrected chi connectivity index (χ0v) is 9.51. The summed E-state index contributed by atoms with van der Waals surface area (Å²) in [6.07, 6.45) is 1.33. The van der Waals surface area contributed by atoms with Crippen molar-refractivity contribution in [3.8, 4) is 0 Å². The van der Waals surface area contributed by atoms with Gasteiger partial charge >= 0.3 is 5.97 Å². The molecule has 82 valence electrons. The molecular weight excluding hydrogens is 212 g/mol. The number of ether oxygens (including phenoxy) is 1. The number of hydrogen-bond acceptors (Lipinski definition) is 4. The highest BCUT2D eigenvalue weighted by Crippen LogP contribution is 2.20. The zero-order valence-electron chi connectivity index (χ0n) is 8.69. The summed E-state index contributed by atoms with van der Waals surface area (Å²) in [6.45, 7) is 1.86. The number of carbonyl (C=O) groups excluding carboxylic acids is 1. The lowest BCUT2D eigenvalue weighted by Gasteiger charge is -2.09. The van der Waals surface area contributed by atoms with Crippen molar-refractivity contribution in [2.24, 2.45) is 0 Å². The smallest absolute Gasteiger partial charge is 0.313 e. The van der Waals surface area contributed by atoms with Gasteiger partial charge in [-0.15, -0.1) is 0 Å². The summed E-state index contributed by atoms with van der Waals surface area (Å²) in [5, 5.41) is 0. The first kappa shape index (κ1) is 10.6. The summed E-state index contributed by atoms with van der Waals surface area (Å²) in [6, 6.07) is 3.67. The van der Waals surface area contributed by atoms with Crippen LogP contribution in [0.4, 0.5) is 0 Å². The van der Waals surface area contributed by atoms with E-state index in [1.54, 1.807) is 0 Å². The van der Waals surface area contributed by atoms with E-state index in [0.717, 1.165) is 23.7 Å². The van der Waals surface area contributed by atoms with Gasteiger partial charge in [-0.05, 0) is 31.2 Å². The number of furan rings is 1. The summed E-state index contributed by atoms with van der Waals surface area (Å²) in [5.74, 6) is 3.36. The molecule has 1 atom stereocenters. The standard InChI is InChI=1S/C11H14O3S/c1-8-2-3-9(13-8)6-11(12)14-10-4-5-15-7-10/h2-3,10H,4-7H2,1H3/t10-/m0/s1. The van der Waals surface area contributed by atoms with E-state index in [4.69, 9.17) is 9.15 Å². The second-order valence-corrected chi connectivity index (χ2v) is 4.81. The van der Waals surface area contributed by atoms with Gasteiger partial charge < -0.3 is 9.15 Å². The molecular formula is C11H14O3S. The van der Waals surface area contributed by atoms with Gasteiger partial charge in [-0.2, -0.15) is 11.8 Å². The van der Waals surface area contributed by atoms with Crippen molar-refractivity contribution >= 4 is 17.7 Å². The molecule has 0 aliphatic carbocycles. The van der Waals surface area contributed by atoms with Crippen LogP contribution in [0.25, 0.3) is 0 Å². The van der Waals surface area contributed by atoms with Crippen molar-refractivity contribution in [1.82, 2.24) is 0 Å². The van der Waals surface area contributed by atoms with Crippen LogP contribution in [0.15, 0.2) is 16.5 Å². The van der Waals surface area contributed by atoms with Crippen molar-refractivity contribution in [3.05, 3.63) is 23.7 Å². The molecule has 0 amide bonds. The molecule has 1 aliphatic rings. The zero-order chi connectivity index (χ0) is 10.7. The van der Waals surface area contributed by atoms with E-state index in [9.17, 15) is 4.79 Å². The van der Waals surface area contributed by atoms with Gasteiger partial charge in [0, 0.05) is 5.75 Å². The second-order valence-electron chi connectivity index (χ2n) is 3.66. The largest absolute Gasteiger partial charge is 0.466 e. The molecule has 0 bridgehead atoms. The molecule has 0 spiro atoms. The third kappa shape index (κ3) is 3.02. The molecule has 0 saturated carbocycles. The topological polar surface area (TPSA) is 39.4 Å². The monoisotopic (exact) mass is 226 g/mol. The number of esters is 1. The summed E-state index contributed by atoms with van der Waals surface area (Å²) in [5.41, 5.74) is 0. The number of hydrogen-bond donors (Lipinski definition) is 0. The Kier molecular flexibility index (Phi) is 3.36. The lowest BCUT2D eigenvalue weighted by atomic mass is 10.3. The number of rotatable bonds is 3. The number of thioether (sulfide) groups is 1. The fraction of sp³-hybridized carbons (Fsp3) is 0.545. The first-order chi connectivity index (χ1) is 7.24. The molecule has 0 radical (unpaired) electrons. The number of aryl methyl sites for hydroxylation is 1. The van der Waals surface area contributed by atoms with E-state index in [1.807, 2.05) is 30.8 Å². The fourth-order valence-corrected chi connectivity index (χ4v) is 2.65. The summed E-state index contributed by atoms with van der Waals surface area (Å²) in [7, 11) is 0. The predicted octanol–water partition coefficient (Wildman–Crippen LogP) is 2.18. The average molecular weight is 226 g/mol. The highest BCUT2D eigenvalue weighted by Gasteiger charge is 2.20. The summed E-state index contributed by atoms with van der Waals surface area (Å²) >= 11 is 1.83. The maximum atomic E-state index is 11.5. The van der Waals surface area contributed by atoms with Crippen molar-refractivity contribution < 1.29 is 13.9 Å². The van der Waals surface area contributed by atoms with Crippen LogP contribution >= 0.6 is 11.8 Å². The molecule has 15 heavy (non-hydrogen) atoms. The van der Waals surface area contributed by atoms with Crippen LogP contribution in [0, 0.1) is 6.92 Å². The number of carbonyl (C=O) groups is 1. The highest BCUT2D eigenvalue weighted by molar-refractivity contribution is 7.99. The van der Waals surface area contributed by atoms with Gasteiger partial charge in [-0.25, -0.2) is 0 Å².